The van der Waals surface area contributed by atoms with E-state index in [4.69, 9.17) is 4.74 Å². The molecule has 2 aromatic carbocycles. The molecule has 0 unspecified atom stereocenters. The molecule has 2 N–H and O–H groups in total. The van der Waals surface area contributed by atoms with E-state index in [1.807, 2.05) is 0 Å². The van der Waals surface area contributed by atoms with E-state index >= 15 is 0 Å². The molecule has 8 nitrogen and oxygen atoms in total. The van der Waals surface area contributed by atoms with Gasteiger partial charge in [0, 0.05) is 12.1 Å². The van der Waals surface area contributed by atoms with Gasteiger partial charge in [0.1, 0.15) is 22.2 Å². The molecule has 2 heterocycles. The molecule has 4 rings (SSSR count). The van der Waals surface area contributed by atoms with Crippen LogP contribution in [0.3, 0.4) is 0 Å². The van der Waals surface area contributed by atoms with Gasteiger partial charge in [-0.3, -0.25) is 4.68 Å². The van der Waals surface area contributed by atoms with E-state index < -0.39 is 32.9 Å². The van der Waals surface area contributed by atoms with E-state index in [9.17, 15) is 22.3 Å². The lowest BCUT2D eigenvalue weighted by Gasteiger charge is -2.36. The second-order valence-electron chi connectivity index (χ2n) is 7.88. The number of hydrogen-bond donors (Lipinski definition) is 2. The summed E-state index contributed by atoms with van der Waals surface area (Å²) in [6.07, 6.45) is 2.36. The fourth-order valence-electron chi connectivity index (χ4n) is 3.84. The molecule has 1 aliphatic heterocycles. The van der Waals surface area contributed by atoms with Crippen LogP contribution in [-0.4, -0.2) is 53.4 Å². The fourth-order valence-corrected chi connectivity index (χ4v) is 5.22. The highest BCUT2D eigenvalue weighted by Gasteiger charge is 2.34. The summed E-state index contributed by atoms with van der Waals surface area (Å²) in [4.78, 5) is -0.438. The minimum atomic E-state index is -4.09. The van der Waals surface area contributed by atoms with Crippen LogP contribution in [-0.2, 0) is 21.3 Å². The minimum absolute atomic E-state index is 0.213. The summed E-state index contributed by atoms with van der Waals surface area (Å²) >= 11 is 0. The Labute approximate surface area is 190 Å². The number of hydrogen-bond acceptors (Lipinski definition) is 6. The summed E-state index contributed by atoms with van der Waals surface area (Å²) in [5.41, 5.74) is 1.37. The van der Waals surface area contributed by atoms with Gasteiger partial charge in [-0.2, -0.15) is 0 Å². The fraction of sp³-hybridized carbons (Fsp3) is 0.364. The number of aromatic nitrogens is 3. The third-order valence-electron chi connectivity index (χ3n) is 5.59. The average Bonchev–Trinajstić information content (AvgIpc) is 3.28. The van der Waals surface area contributed by atoms with Crippen molar-refractivity contribution < 1.29 is 27.0 Å². The van der Waals surface area contributed by atoms with Gasteiger partial charge >= 0.3 is 0 Å². The van der Waals surface area contributed by atoms with Crippen molar-refractivity contribution in [2.45, 2.75) is 49.0 Å². The standard InChI is InChI=1S/C22H24F2N4O4S/c23-16-7-5-15(6-8-16)20-13-28(27-25-20)12-11-17-9-10-19(21(14-29)32-17)26-33(30,31)22-4-2-1-3-18(22)24/h1-8,13,17,19,21,26,29H,9-12,14H2/t17-,19-,21-/m0/s1. The molecular weight excluding hydrogens is 454 g/mol. The van der Waals surface area contributed by atoms with Crippen LogP contribution in [0.4, 0.5) is 8.78 Å². The van der Waals surface area contributed by atoms with Crippen LogP contribution in [0.1, 0.15) is 19.3 Å². The van der Waals surface area contributed by atoms with E-state index in [1.54, 1.807) is 23.0 Å². The topological polar surface area (TPSA) is 106 Å². The first-order chi connectivity index (χ1) is 15.9. The number of aryl methyl sites for hydroxylation is 1. The van der Waals surface area contributed by atoms with Gasteiger partial charge in [0.25, 0.3) is 0 Å². The lowest BCUT2D eigenvalue weighted by molar-refractivity contribution is -0.0891. The molecule has 1 aliphatic rings. The smallest absolute Gasteiger partial charge is 0.243 e. The lowest BCUT2D eigenvalue weighted by Crippen LogP contribution is -2.51. The molecule has 3 atom stereocenters. The summed E-state index contributed by atoms with van der Waals surface area (Å²) in [7, 11) is -4.09. The van der Waals surface area contributed by atoms with Crippen molar-refractivity contribution in [1.29, 1.82) is 0 Å². The number of sulfonamides is 1. The molecule has 0 radical (unpaired) electrons. The van der Waals surface area contributed by atoms with Gasteiger partial charge in [0.2, 0.25) is 10.0 Å². The van der Waals surface area contributed by atoms with E-state index in [0.29, 0.717) is 31.5 Å². The second kappa shape index (κ2) is 10.0. The first kappa shape index (κ1) is 23.4. The zero-order valence-corrected chi connectivity index (χ0v) is 18.5. The third-order valence-corrected chi connectivity index (χ3v) is 7.11. The van der Waals surface area contributed by atoms with Gasteiger partial charge < -0.3 is 9.84 Å². The van der Waals surface area contributed by atoms with Crippen LogP contribution in [0.15, 0.2) is 59.6 Å². The zero-order valence-electron chi connectivity index (χ0n) is 17.6. The predicted octanol–water partition coefficient (Wildman–Crippen LogP) is 2.50. The molecule has 0 saturated carbocycles. The Morgan fingerprint density at radius 3 is 2.61 bits per heavy atom. The van der Waals surface area contributed by atoms with Gasteiger partial charge in [0.15, 0.2) is 0 Å². The van der Waals surface area contributed by atoms with Crippen molar-refractivity contribution in [3.8, 4) is 11.3 Å². The van der Waals surface area contributed by atoms with Gasteiger partial charge in [-0.05, 0) is 55.7 Å². The number of aliphatic hydroxyl groups is 1. The molecule has 1 fully saturated rings. The molecule has 11 heteroatoms. The first-order valence-electron chi connectivity index (χ1n) is 10.5. The molecular formula is C22H24F2N4O4S. The van der Waals surface area contributed by atoms with E-state index in [-0.39, 0.29) is 18.5 Å². The number of nitrogens with one attached hydrogen (secondary N) is 1. The highest BCUT2D eigenvalue weighted by atomic mass is 32.2. The predicted molar refractivity (Wildman–Crippen MR) is 116 cm³/mol. The molecule has 33 heavy (non-hydrogen) atoms. The maximum atomic E-state index is 13.9. The highest BCUT2D eigenvalue weighted by Crippen LogP contribution is 2.25. The summed E-state index contributed by atoms with van der Waals surface area (Å²) in [5.74, 6) is -1.17. The van der Waals surface area contributed by atoms with Crippen LogP contribution < -0.4 is 4.72 Å². The number of ether oxygens (including phenoxy) is 1. The van der Waals surface area contributed by atoms with Crippen LogP contribution in [0.25, 0.3) is 11.3 Å². The number of halogens is 2. The summed E-state index contributed by atoms with van der Waals surface area (Å²) < 4.78 is 62.2. The summed E-state index contributed by atoms with van der Waals surface area (Å²) in [6.45, 7) is 0.127. The Hall–Kier alpha value is -2.73. The molecule has 3 aromatic rings. The van der Waals surface area contributed by atoms with Crippen LogP contribution in [0.5, 0.6) is 0 Å². The minimum Gasteiger partial charge on any atom is -0.394 e. The van der Waals surface area contributed by atoms with Crippen molar-refractivity contribution in [2.75, 3.05) is 6.61 Å². The average molecular weight is 479 g/mol. The second-order valence-corrected chi connectivity index (χ2v) is 9.56. The van der Waals surface area contributed by atoms with Gasteiger partial charge in [-0.25, -0.2) is 21.9 Å². The number of aliphatic hydroxyl groups excluding tert-OH is 1. The Morgan fingerprint density at radius 1 is 1.12 bits per heavy atom. The number of rotatable bonds is 8. The van der Waals surface area contributed by atoms with Crippen LogP contribution in [0, 0.1) is 11.6 Å². The maximum absolute atomic E-state index is 13.9. The highest BCUT2D eigenvalue weighted by molar-refractivity contribution is 7.89. The quantitative estimate of drug-likeness (QED) is 0.515. The number of nitrogens with zero attached hydrogens (tertiary/aromatic N) is 3. The van der Waals surface area contributed by atoms with Crippen molar-refractivity contribution in [3.63, 3.8) is 0 Å². The van der Waals surface area contributed by atoms with E-state index in [1.165, 1.54) is 30.3 Å². The molecule has 0 bridgehead atoms. The molecule has 176 valence electrons. The van der Waals surface area contributed by atoms with E-state index in [2.05, 4.69) is 15.0 Å². The summed E-state index contributed by atoms with van der Waals surface area (Å²) in [5, 5.41) is 17.9. The first-order valence-corrected chi connectivity index (χ1v) is 12.0. The normalized spacial score (nSPS) is 21.2. The van der Waals surface area contributed by atoms with Crippen molar-refractivity contribution >= 4 is 10.0 Å². The molecule has 0 aliphatic carbocycles. The Bertz CT molecular complexity index is 1190. The van der Waals surface area contributed by atoms with Gasteiger partial charge in [0.05, 0.1) is 31.1 Å². The Morgan fingerprint density at radius 2 is 1.88 bits per heavy atom. The molecule has 0 amide bonds. The summed E-state index contributed by atoms with van der Waals surface area (Å²) in [6, 6.07) is 10.4. The Kier molecular flexibility index (Phi) is 7.13. The van der Waals surface area contributed by atoms with Gasteiger partial charge in [-0.15, -0.1) is 5.10 Å². The SMILES string of the molecule is O=S(=O)(N[C@H]1CC[C@@H](CCn2cc(-c3ccc(F)cc3)nn2)O[C@H]1CO)c1ccccc1F. The largest absolute Gasteiger partial charge is 0.394 e. The van der Waals surface area contributed by atoms with Crippen LogP contribution in [0.2, 0.25) is 0 Å². The van der Waals surface area contributed by atoms with Gasteiger partial charge in [-0.1, -0.05) is 17.3 Å². The van der Waals surface area contributed by atoms with Crippen molar-refractivity contribution in [2.24, 2.45) is 0 Å². The van der Waals surface area contributed by atoms with Crippen LogP contribution >= 0.6 is 0 Å². The lowest BCUT2D eigenvalue weighted by atomic mass is 9.98. The maximum Gasteiger partial charge on any atom is 0.243 e. The monoisotopic (exact) mass is 478 g/mol. The number of benzene rings is 2. The van der Waals surface area contributed by atoms with E-state index in [0.717, 1.165) is 11.6 Å². The molecule has 1 saturated heterocycles. The third kappa shape index (κ3) is 5.61. The molecule has 1 aromatic heterocycles. The van der Waals surface area contributed by atoms with Crippen molar-refractivity contribution in [1.82, 2.24) is 19.7 Å². The Balaban J connectivity index is 1.34. The zero-order chi connectivity index (χ0) is 23.4. The van der Waals surface area contributed by atoms with Crippen molar-refractivity contribution in [3.05, 3.63) is 66.4 Å². The molecule has 0 spiro atoms.